The second-order valence-corrected chi connectivity index (χ2v) is 9.58. The van der Waals surface area contributed by atoms with Crippen LogP contribution in [0.1, 0.15) is 82.9 Å². The summed E-state index contributed by atoms with van der Waals surface area (Å²) in [6.45, 7) is 0. The third-order valence-corrected chi connectivity index (χ3v) is 6.92. The van der Waals surface area contributed by atoms with E-state index in [-0.39, 0.29) is 33.4 Å². The third-order valence-electron chi connectivity index (χ3n) is 6.92. The maximum atomic E-state index is 12.1. The molecule has 14 nitrogen and oxygen atoms in total. The Morgan fingerprint density at radius 1 is 0.413 bits per heavy atom. The fourth-order valence-electron chi connectivity index (χ4n) is 4.81. The van der Waals surface area contributed by atoms with Crippen LogP contribution in [0.5, 0.6) is 0 Å². The number of fused-ring (bicyclic) bond motifs is 5. The molecule has 4 N–H and O–H groups in total. The molecule has 4 bridgehead atoms. The van der Waals surface area contributed by atoms with Gasteiger partial charge in [0.1, 0.15) is 0 Å². The number of ether oxygens (including phenoxy) is 2. The van der Waals surface area contributed by atoms with Gasteiger partial charge in [-0.1, -0.05) is 30.3 Å². The molecule has 4 aromatic rings. The SMILES string of the molecule is O=C(O)c1ccc(-c2cccc(C(=O)O)c2C(=O)O)cc1C(=O)O.O=C1OC(=O)c2ccc3cc2C(=O)OC(=O)c2cc-3ccc21. The van der Waals surface area contributed by atoms with Gasteiger partial charge in [-0.3, -0.25) is 0 Å². The number of carbonyl (C=O) groups excluding carboxylic acids is 4. The molecule has 46 heavy (non-hydrogen) atoms. The number of carboxylic acid groups (broad SMARTS) is 4. The highest BCUT2D eigenvalue weighted by molar-refractivity contribution is 6.16. The minimum Gasteiger partial charge on any atom is -0.478 e. The van der Waals surface area contributed by atoms with Gasteiger partial charge in [-0.2, -0.15) is 0 Å². The van der Waals surface area contributed by atoms with Crippen LogP contribution in [0.4, 0.5) is 0 Å². The van der Waals surface area contributed by atoms with Crippen molar-refractivity contribution in [2.24, 2.45) is 0 Å². The second kappa shape index (κ2) is 11.6. The van der Waals surface area contributed by atoms with Gasteiger partial charge in [-0.15, -0.1) is 0 Å². The van der Waals surface area contributed by atoms with Crippen LogP contribution in [0, 0.1) is 0 Å². The molecule has 0 fully saturated rings. The highest BCUT2D eigenvalue weighted by Crippen LogP contribution is 2.31. The van der Waals surface area contributed by atoms with Gasteiger partial charge < -0.3 is 29.9 Å². The summed E-state index contributed by atoms with van der Waals surface area (Å²) in [4.78, 5) is 93.3. The molecule has 0 unspecified atom stereocenters. The lowest BCUT2D eigenvalue weighted by Gasteiger charge is -2.11. The minimum atomic E-state index is -1.50. The third kappa shape index (κ3) is 5.44. The monoisotopic (exact) mass is 624 g/mol. The number of carboxylic acids is 4. The van der Waals surface area contributed by atoms with Gasteiger partial charge in [0.25, 0.3) is 0 Å². The Hall–Kier alpha value is -6.96. The van der Waals surface area contributed by atoms with Crippen molar-refractivity contribution in [1.82, 2.24) is 0 Å². The molecule has 2 aliphatic heterocycles. The molecule has 0 spiro atoms. The highest BCUT2D eigenvalue weighted by Gasteiger charge is 2.32. The minimum absolute atomic E-state index is 0.0261. The number of hydrogen-bond acceptors (Lipinski definition) is 10. The van der Waals surface area contributed by atoms with Crippen molar-refractivity contribution >= 4 is 47.8 Å². The lowest BCUT2D eigenvalue weighted by atomic mass is 9.93. The van der Waals surface area contributed by atoms with Crippen LogP contribution in [0.3, 0.4) is 0 Å². The molecule has 2 heterocycles. The highest BCUT2D eigenvalue weighted by atomic mass is 16.6. The fourth-order valence-corrected chi connectivity index (χ4v) is 4.81. The van der Waals surface area contributed by atoms with Crippen LogP contribution in [0.15, 0.2) is 72.8 Å². The fraction of sp³-hybridized carbons (Fsp3) is 0. The number of cyclic esters (lactones) is 2. The van der Waals surface area contributed by atoms with Gasteiger partial charge in [0.15, 0.2) is 0 Å². The molecule has 0 aromatic heterocycles. The number of benzene rings is 4. The molecule has 0 radical (unpaired) electrons. The number of rotatable bonds is 5. The predicted molar refractivity (Wildman–Crippen MR) is 151 cm³/mol. The zero-order valence-electron chi connectivity index (χ0n) is 22.8. The molecule has 4 aromatic carbocycles. The number of carbonyl (C=O) groups is 8. The van der Waals surface area contributed by atoms with Gasteiger partial charge in [0, 0.05) is 0 Å². The summed E-state index contributed by atoms with van der Waals surface area (Å²) in [5.74, 6) is -9.74. The quantitative estimate of drug-likeness (QED) is 0.181. The van der Waals surface area contributed by atoms with Gasteiger partial charge in [0.2, 0.25) is 0 Å². The largest absolute Gasteiger partial charge is 0.478 e. The summed E-state index contributed by atoms with van der Waals surface area (Å²) >= 11 is 0. The van der Waals surface area contributed by atoms with E-state index in [1.807, 2.05) is 0 Å². The molecule has 2 aliphatic rings. The Bertz CT molecular complexity index is 2020. The molecule has 0 atom stereocenters. The van der Waals surface area contributed by atoms with Crippen LogP contribution in [0.25, 0.3) is 22.3 Å². The van der Waals surface area contributed by atoms with E-state index in [4.69, 9.17) is 24.8 Å². The normalized spacial score (nSPS) is 12.7. The van der Waals surface area contributed by atoms with Crippen LogP contribution < -0.4 is 0 Å². The summed E-state index contributed by atoms with van der Waals surface area (Å²) in [5.41, 5.74) is -1.13. The van der Waals surface area contributed by atoms with E-state index in [1.54, 1.807) is 12.1 Å². The van der Waals surface area contributed by atoms with E-state index in [9.17, 15) is 43.5 Å². The van der Waals surface area contributed by atoms with E-state index in [2.05, 4.69) is 0 Å². The topological polar surface area (TPSA) is 236 Å². The first-order valence-corrected chi connectivity index (χ1v) is 12.8. The van der Waals surface area contributed by atoms with Crippen LogP contribution >= 0.6 is 0 Å². The van der Waals surface area contributed by atoms with E-state index < -0.39 is 70.0 Å². The molecular formula is C32H16O14. The van der Waals surface area contributed by atoms with Crippen molar-refractivity contribution in [2.45, 2.75) is 0 Å². The zero-order valence-corrected chi connectivity index (χ0v) is 22.8. The first-order chi connectivity index (χ1) is 21.8. The van der Waals surface area contributed by atoms with Crippen molar-refractivity contribution < 1.29 is 68.3 Å². The molecule has 228 valence electrons. The summed E-state index contributed by atoms with van der Waals surface area (Å²) < 4.78 is 9.52. The van der Waals surface area contributed by atoms with E-state index in [0.717, 1.165) is 18.2 Å². The zero-order chi connectivity index (χ0) is 33.4. The lowest BCUT2D eigenvalue weighted by molar-refractivity contribution is 0.0334. The number of aromatic carboxylic acids is 4. The van der Waals surface area contributed by atoms with E-state index in [0.29, 0.717) is 11.1 Å². The summed E-state index contributed by atoms with van der Waals surface area (Å²) in [7, 11) is 0. The molecule has 6 rings (SSSR count). The summed E-state index contributed by atoms with van der Waals surface area (Å²) in [6.07, 6.45) is 0. The van der Waals surface area contributed by atoms with Crippen molar-refractivity contribution in [3.05, 3.63) is 117 Å². The van der Waals surface area contributed by atoms with Gasteiger partial charge in [-0.05, 0) is 64.7 Å². The lowest BCUT2D eigenvalue weighted by Crippen LogP contribution is -2.23. The summed E-state index contributed by atoms with van der Waals surface area (Å²) in [6, 6.07) is 15.8. The Morgan fingerprint density at radius 2 is 0.870 bits per heavy atom. The first kappa shape index (κ1) is 30.5. The molecule has 0 saturated heterocycles. The number of hydrogen-bond donors (Lipinski definition) is 4. The van der Waals surface area contributed by atoms with E-state index >= 15 is 0 Å². The molecule has 0 amide bonds. The van der Waals surface area contributed by atoms with Gasteiger partial charge in [-0.25, -0.2) is 38.4 Å². The van der Waals surface area contributed by atoms with E-state index in [1.165, 1.54) is 42.5 Å². The molecule has 0 saturated carbocycles. The van der Waals surface area contributed by atoms with Crippen LogP contribution in [-0.2, 0) is 9.47 Å². The average molecular weight is 624 g/mol. The Labute approximate surface area is 255 Å². The second-order valence-electron chi connectivity index (χ2n) is 9.58. The van der Waals surface area contributed by atoms with Crippen molar-refractivity contribution in [2.75, 3.05) is 0 Å². The van der Waals surface area contributed by atoms with Gasteiger partial charge >= 0.3 is 47.8 Å². The Kier molecular flexibility index (Phi) is 7.70. The number of esters is 4. The standard InChI is InChI=1S/C16H10O8.C16H6O6/c17-13(18)9-5-4-7(6-11(9)15(21)22)8-2-1-3-10(14(19)20)12(8)16(23)24;17-13-9-3-1-7-5-11(9)15(19)22-16(20)12-6-8(7)2-4-10(12)14(18)21-13/h1-6H,(H,17,18)(H,19,20)(H,21,22)(H,23,24);1-6H. The summed E-state index contributed by atoms with van der Waals surface area (Å²) in [5, 5.41) is 36.5. The predicted octanol–water partition coefficient (Wildman–Crippen LogP) is 4.12. The average Bonchev–Trinajstić information content (AvgIpc) is 3.05. The van der Waals surface area contributed by atoms with Gasteiger partial charge in [0.05, 0.1) is 44.5 Å². The molecular weight excluding hydrogens is 608 g/mol. The van der Waals surface area contributed by atoms with Crippen LogP contribution in [0.2, 0.25) is 0 Å². The maximum Gasteiger partial charge on any atom is 0.346 e. The maximum absolute atomic E-state index is 12.1. The first-order valence-electron chi connectivity index (χ1n) is 12.8. The van der Waals surface area contributed by atoms with Crippen molar-refractivity contribution in [3.63, 3.8) is 0 Å². The Morgan fingerprint density at radius 3 is 1.33 bits per heavy atom. The smallest absolute Gasteiger partial charge is 0.346 e. The molecule has 0 aliphatic carbocycles. The van der Waals surface area contributed by atoms with Crippen molar-refractivity contribution in [3.8, 4) is 22.3 Å². The Balaban J connectivity index is 0.000000182. The van der Waals surface area contributed by atoms with Crippen LogP contribution in [-0.4, -0.2) is 68.2 Å². The van der Waals surface area contributed by atoms with Crippen molar-refractivity contribution in [1.29, 1.82) is 0 Å². The molecule has 14 heteroatoms.